The minimum absolute atomic E-state index is 0.0530. The zero-order valence-corrected chi connectivity index (χ0v) is 7.89. The Morgan fingerprint density at radius 2 is 2.07 bits per heavy atom. The van der Waals surface area contributed by atoms with Crippen molar-refractivity contribution in [3.63, 3.8) is 0 Å². The smallest absolute Gasteiger partial charge is 0.315 e. The second-order valence-corrected chi connectivity index (χ2v) is 2.77. The van der Waals surface area contributed by atoms with Crippen molar-refractivity contribution in [3.05, 3.63) is 0 Å². The van der Waals surface area contributed by atoms with Crippen molar-refractivity contribution >= 4 is 18.5 Å². The van der Waals surface area contributed by atoms with Gasteiger partial charge in [0.25, 0.3) is 0 Å². The highest BCUT2D eigenvalue weighted by molar-refractivity contribution is 5.83. The molecule has 2 N–H and O–H groups in total. The number of hydrogen-bond donors (Lipinski definition) is 1. The molecule has 0 spiro atoms. The van der Waals surface area contributed by atoms with Gasteiger partial charge in [-0.1, -0.05) is 0 Å². The first-order valence-electron chi connectivity index (χ1n) is 4.02. The quantitative estimate of drug-likeness (QED) is 0.336. The average Bonchev–Trinajstić information content (AvgIpc) is 2.15. The lowest BCUT2D eigenvalue weighted by atomic mass is 9.92. The van der Waals surface area contributed by atoms with Crippen LogP contribution in [0.5, 0.6) is 0 Å². The van der Waals surface area contributed by atoms with Crippen LogP contribution >= 0.6 is 0 Å². The van der Waals surface area contributed by atoms with Crippen molar-refractivity contribution in [2.75, 3.05) is 7.11 Å². The molecule has 1 atom stereocenters. The molecule has 0 radical (unpaired) electrons. The van der Waals surface area contributed by atoms with Crippen molar-refractivity contribution in [1.29, 1.82) is 0 Å². The molecule has 0 rings (SSSR count). The molecule has 14 heavy (non-hydrogen) atoms. The Kier molecular flexibility index (Phi) is 5.66. The van der Waals surface area contributed by atoms with Crippen LogP contribution in [-0.4, -0.2) is 31.2 Å². The Hall–Kier alpha value is -1.27. The molecular formula is C8H13NO5. The zero-order chi connectivity index (χ0) is 11.0. The SMILES string of the molecule is COOC(=O)C(N)(CC=O)CCC=O. The zero-order valence-electron chi connectivity index (χ0n) is 7.89. The van der Waals surface area contributed by atoms with Crippen LogP contribution in [0.1, 0.15) is 19.3 Å². The second kappa shape index (κ2) is 6.22. The van der Waals surface area contributed by atoms with Gasteiger partial charge in [0.15, 0.2) is 0 Å². The molecule has 80 valence electrons. The van der Waals surface area contributed by atoms with Gasteiger partial charge < -0.3 is 15.3 Å². The van der Waals surface area contributed by atoms with Crippen molar-refractivity contribution in [1.82, 2.24) is 0 Å². The van der Waals surface area contributed by atoms with E-state index in [4.69, 9.17) is 5.73 Å². The molecule has 0 amide bonds. The fourth-order valence-corrected chi connectivity index (χ4v) is 0.911. The van der Waals surface area contributed by atoms with Gasteiger partial charge in [0.2, 0.25) is 0 Å². The molecule has 0 heterocycles. The Balaban J connectivity index is 4.42. The normalized spacial score (nSPS) is 14.1. The van der Waals surface area contributed by atoms with Crippen molar-refractivity contribution in [2.45, 2.75) is 24.8 Å². The average molecular weight is 203 g/mol. The van der Waals surface area contributed by atoms with E-state index in [0.717, 1.165) is 7.11 Å². The topological polar surface area (TPSA) is 95.7 Å². The molecule has 6 nitrogen and oxygen atoms in total. The molecule has 0 saturated carbocycles. The van der Waals surface area contributed by atoms with E-state index >= 15 is 0 Å². The molecule has 0 aliphatic carbocycles. The molecule has 0 bridgehead atoms. The highest BCUT2D eigenvalue weighted by Gasteiger charge is 2.35. The van der Waals surface area contributed by atoms with Crippen LogP contribution in [0.2, 0.25) is 0 Å². The third-order valence-electron chi connectivity index (χ3n) is 1.72. The fourth-order valence-electron chi connectivity index (χ4n) is 0.911. The lowest BCUT2D eigenvalue weighted by Crippen LogP contribution is -2.49. The number of carbonyl (C=O) groups excluding carboxylic acids is 3. The van der Waals surface area contributed by atoms with Gasteiger partial charge in [-0.25, -0.2) is 4.79 Å². The predicted octanol–water partition coefficient (Wildman–Crippen LogP) is -0.643. The van der Waals surface area contributed by atoms with Gasteiger partial charge >= 0.3 is 5.97 Å². The summed E-state index contributed by atoms with van der Waals surface area (Å²) >= 11 is 0. The minimum atomic E-state index is -1.47. The van der Waals surface area contributed by atoms with Gasteiger partial charge in [-0.2, -0.15) is 4.89 Å². The third kappa shape index (κ3) is 3.63. The van der Waals surface area contributed by atoms with E-state index in [0.29, 0.717) is 12.6 Å². The minimum Gasteiger partial charge on any atom is -0.315 e. The summed E-state index contributed by atoms with van der Waals surface area (Å²) in [6, 6.07) is 0. The number of carbonyl (C=O) groups is 3. The van der Waals surface area contributed by atoms with E-state index in [1.165, 1.54) is 0 Å². The number of aldehydes is 2. The summed E-state index contributed by atoms with van der Waals surface area (Å²) in [6.07, 6.45) is 1.05. The molecule has 0 aromatic rings. The molecule has 0 fully saturated rings. The van der Waals surface area contributed by atoms with Crippen LogP contribution < -0.4 is 5.73 Å². The third-order valence-corrected chi connectivity index (χ3v) is 1.72. The highest BCUT2D eigenvalue weighted by atomic mass is 17.2. The van der Waals surface area contributed by atoms with Crippen LogP contribution in [0.15, 0.2) is 0 Å². The maximum atomic E-state index is 11.2. The van der Waals surface area contributed by atoms with E-state index in [-0.39, 0.29) is 19.3 Å². The lowest BCUT2D eigenvalue weighted by molar-refractivity contribution is -0.260. The molecule has 0 aliphatic rings. The van der Waals surface area contributed by atoms with Gasteiger partial charge in [-0.15, -0.1) is 0 Å². The Morgan fingerprint density at radius 1 is 1.43 bits per heavy atom. The second-order valence-electron chi connectivity index (χ2n) is 2.77. The predicted molar refractivity (Wildman–Crippen MR) is 46.0 cm³/mol. The molecular weight excluding hydrogens is 190 g/mol. The van der Waals surface area contributed by atoms with Crippen LogP contribution in [0.3, 0.4) is 0 Å². The molecule has 6 heteroatoms. The van der Waals surface area contributed by atoms with Crippen LogP contribution in [0.4, 0.5) is 0 Å². The van der Waals surface area contributed by atoms with E-state index in [2.05, 4.69) is 9.78 Å². The van der Waals surface area contributed by atoms with Gasteiger partial charge in [0.05, 0.1) is 7.11 Å². The molecule has 0 aromatic heterocycles. The molecule has 1 unspecified atom stereocenters. The number of hydrogen-bond acceptors (Lipinski definition) is 6. The molecule has 0 aliphatic heterocycles. The van der Waals surface area contributed by atoms with Gasteiger partial charge in [-0.3, -0.25) is 4.89 Å². The van der Waals surface area contributed by atoms with Crippen LogP contribution in [0.25, 0.3) is 0 Å². The van der Waals surface area contributed by atoms with E-state index < -0.39 is 11.5 Å². The largest absolute Gasteiger partial charge is 0.362 e. The molecule has 0 aromatic carbocycles. The summed E-state index contributed by atoms with van der Waals surface area (Å²) in [5.41, 5.74) is 4.11. The highest BCUT2D eigenvalue weighted by Crippen LogP contribution is 2.14. The summed E-state index contributed by atoms with van der Waals surface area (Å²) < 4.78 is 0. The number of nitrogens with two attached hydrogens (primary N) is 1. The van der Waals surface area contributed by atoms with Gasteiger partial charge in [0, 0.05) is 12.8 Å². The van der Waals surface area contributed by atoms with Crippen molar-refractivity contribution in [2.24, 2.45) is 5.73 Å². The van der Waals surface area contributed by atoms with Crippen molar-refractivity contribution < 1.29 is 24.2 Å². The van der Waals surface area contributed by atoms with Crippen LogP contribution in [-0.2, 0) is 24.2 Å². The van der Waals surface area contributed by atoms with E-state index in [1.54, 1.807) is 0 Å². The van der Waals surface area contributed by atoms with Crippen molar-refractivity contribution in [3.8, 4) is 0 Å². The summed E-state index contributed by atoms with van der Waals surface area (Å²) in [6.45, 7) is 0. The first-order chi connectivity index (χ1) is 6.60. The summed E-state index contributed by atoms with van der Waals surface area (Å²) in [7, 11) is 1.15. The standard InChI is InChI=1S/C8H13NO5/c1-13-14-7(12)8(9,4-6-11)3-2-5-10/h5-6H,2-4,9H2,1H3. The maximum Gasteiger partial charge on any atom is 0.362 e. The Bertz CT molecular complexity index is 218. The first kappa shape index (κ1) is 12.7. The van der Waals surface area contributed by atoms with E-state index in [1.807, 2.05) is 0 Å². The first-order valence-corrected chi connectivity index (χ1v) is 4.02. The van der Waals surface area contributed by atoms with Gasteiger partial charge in [0.1, 0.15) is 18.1 Å². The summed E-state index contributed by atoms with van der Waals surface area (Å²) in [4.78, 5) is 40.0. The monoisotopic (exact) mass is 203 g/mol. The van der Waals surface area contributed by atoms with E-state index in [9.17, 15) is 14.4 Å². The summed E-state index contributed by atoms with van der Waals surface area (Å²) in [5, 5.41) is 0. The maximum absolute atomic E-state index is 11.2. The van der Waals surface area contributed by atoms with Gasteiger partial charge in [-0.05, 0) is 6.42 Å². The number of rotatable bonds is 7. The Morgan fingerprint density at radius 3 is 2.50 bits per heavy atom. The van der Waals surface area contributed by atoms with Crippen LogP contribution in [0, 0.1) is 0 Å². The molecule has 0 saturated heterocycles. The summed E-state index contributed by atoms with van der Waals surface area (Å²) in [5.74, 6) is -0.853. The Labute approximate surface area is 81.3 Å². The fraction of sp³-hybridized carbons (Fsp3) is 0.625. The lowest BCUT2D eigenvalue weighted by Gasteiger charge is -2.22.